The molecule has 1 aromatic carbocycles. The Morgan fingerprint density at radius 2 is 1.89 bits per heavy atom. The summed E-state index contributed by atoms with van der Waals surface area (Å²) in [7, 11) is 1.65. The van der Waals surface area contributed by atoms with E-state index in [1.54, 1.807) is 26.4 Å². The molecule has 6 heteroatoms. The Bertz CT molecular complexity index is 777. The van der Waals surface area contributed by atoms with Crippen LogP contribution < -0.4 is 4.74 Å². The number of likely N-dealkylation sites (tertiary alicyclic amines) is 1. The third kappa shape index (κ3) is 4.90. The molecule has 2 aromatic rings. The van der Waals surface area contributed by atoms with Crippen molar-refractivity contribution >= 4 is 11.7 Å². The van der Waals surface area contributed by atoms with Gasteiger partial charge in [0.05, 0.1) is 7.11 Å². The molecule has 0 saturated carbocycles. The zero-order chi connectivity index (χ0) is 19.2. The summed E-state index contributed by atoms with van der Waals surface area (Å²) in [6.45, 7) is 2.93. The monoisotopic (exact) mass is 367 g/mol. The second-order valence-electron chi connectivity index (χ2n) is 7.06. The third-order valence-corrected chi connectivity index (χ3v) is 5.23. The molecule has 1 aliphatic heterocycles. The number of piperidine rings is 1. The standard InChI is InChI=1S/C21H25N3O3/c1-15(25)24-8-7-21(17-3-5-20(27-2)6-4-17)18(13-24)10-19(26)9-16-11-22-14-23-12-16/h3-6,11-12,14,18,21H,7-10,13H2,1-2H3/t18-,21?/m1/s1. The van der Waals surface area contributed by atoms with E-state index in [1.165, 1.54) is 11.9 Å². The lowest BCUT2D eigenvalue weighted by Crippen LogP contribution is -2.42. The third-order valence-electron chi connectivity index (χ3n) is 5.23. The van der Waals surface area contributed by atoms with Crippen LogP contribution >= 0.6 is 0 Å². The minimum Gasteiger partial charge on any atom is -0.497 e. The Balaban J connectivity index is 1.74. The SMILES string of the molecule is COc1ccc(C2CCN(C(C)=O)C[C@H]2CC(=O)Cc2cncnc2)cc1. The van der Waals surface area contributed by atoms with Crippen molar-refractivity contribution in [3.05, 3.63) is 54.1 Å². The van der Waals surface area contributed by atoms with Gasteiger partial charge < -0.3 is 9.64 Å². The molecule has 1 fully saturated rings. The number of aromatic nitrogens is 2. The van der Waals surface area contributed by atoms with Gasteiger partial charge >= 0.3 is 0 Å². The highest BCUT2D eigenvalue weighted by Crippen LogP contribution is 2.36. The number of Topliss-reactive ketones (excluding diaryl/α,β-unsaturated/α-hetero) is 1. The summed E-state index contributed by atoms with van der Waals surface area (Å²) in [4.78, 5) is 34.3. The molecular formula is C21H25N3O3. The number of nitrogens with zero attached hydrogens (tertiary/aromatic N) is 3. The summed E-state index contributed by atoms with van der Waals surface area (Å²) >= 11 is 0. The lowest BCUT2D eigenvalue weighted by molar-refractivity contribution is -0.132. The molecular weight excluding hydrogens is 342 g/mol. The number of hydrogen-bond acceptors (Lipinski definition) is 5. The van der Waals surface area contributed by atoms with Crippen LogP contribution in [0, 0.1) is 5.92 Å². The van der Waals surface area contributed by atoms with Crippen LogP contribution in [0.2, 0.25) is 0 Å². The number of carbonyl (C=O) groups is 2. The van der Waals surface area contributed by atoms with E-state index in [0.29, 0.717) is 19.4 Å². The molecule has 27 heavy (non-hydrogen) atoms. The molecule has 1 saturated heterocycles. The number of carbonyl (C=O) groups excluding carboxylic acids is 2. The van der Waals surface area contributed by atoms with Gasteiger partial charge in [0.1, 0.15) is 17.9 Å². The first-order valence-electron chi connectivity index (χ1n) is 9.22. The molecule has 142 valence electrons. The van der Waals surface area contributed by atoms with E-state index in [9.17, 15) is 9.59 Å². The minimum atomic E-state index is 0.0667. The van der Waals surface area contributed by atoms with Gasteiger partial charge in [-0.15, -0.1) is 0 Å². The first kappa shape index (κ1) is 19.0. The molecule has 0 spiro atoms. The topological polar surface area (TPSA) is 72.4 Å². The van der Waals surface area contributed by atoms with Crippen molar-refractivity contribution in [3.63, 3.8) is 0 Å². The van der Waals surface area contributed by atoms with E-state index >= 15 is 0 Å². The molecule has 3 rings (SSSR count). The summed E-state index contributed by atoms with van der Waals surface area (Å²) in [6, 6.07) is 8.03. The van der Waals surface area contributed by atoms with Crippen LogP contribution in [0.5, 0.6) is 5.75 Å². The predicted octanol–water partition coefficient (Wildman–Crippen LogP) is 2.64. The lowest BCUT2D eigenvalue weighted by Gasteiger charge is -2.38. The summed E-state index contributed by atoms with van der Waals surface area (Å²) < 4.78 is 5.24. The van der Waals surface area contributed by atoms with Gasteiger partial charge in [-0.1, -0.05) is 12.1 Å². The van der Waals surface area contributed by atoms with E-state index < -0.39 is 0 Å². The summed E-state index contributed by atoms with van der Waals surface area (Å²) in [5.41, 5.74) is 2.02. The number of amides is 1. The fraction of sp³-hybridized carbons (Fsp3) is 0.429. The van der Waals surface area contributed by atoms with Crippen LogP contribution in [-0.4, -0.2) is 46.8 Å². The molecule has 6 nitrogen and oxygen atoms in total. The Morgan fingerprint density at radius 3 is 2.52 bits per heavy atom. The number of ketones is 1. The fourth-order valence-electron chi connectivity index (χ4n) is 3.83. The largest absolute Gasteiger partial charge is 0.497 e. The van der Waals surface area contributed by atoms with Crippen LogP contribution in [0.4, 0.5) is 0 Å². The van der Waals surface area contributed by atoms with Gasteiger partial charge in [0.15, 0.2) is 0 Å². The van der Waals surface area contributed by atoms with Gasteiger partial charge in [0, 0.05) is 45.2 Å². The zero-order valence-corrected chi connectivity index (χ0v) is 15.8. The maximum atomic E-state index is 12.7. The molecule has 0 aliphatic carbocycles. The highest BCUT2D eigenvalue weighted by atomic mass is 16.5. The molecule has 2 heterocycles. The number of rotatable bonds is 6. The van der Waals surface area contributed by atoms with Crippen LogP contribution in [0.25, 0.3) is 0 Å². The highest BCUT2D eigenvalue weighted by molar-refractivity contribution is 5.81. The van der Waals surface area contributed by atoms with Gasteiger partial charge in [-0.3, -0.25) is 9.59 Å². The molecule has 1 aliphatic rings. The normalized spacial score (nSPS) is 19.6. The summed E-state index contributed by atoms with van der Waals surface area (Å²) in [6.07, 6.45) is 6.43. The van der Waals surface area contributed by atoms with Gasteiger partial charge in [0.2, 0.25) is 5.91 Å². The summed E-state index contributed by atoms with van der Waals surface area (Å²) in [5.74, 6) is 1.39. The molecule has 0 N–H and O–H groups in total. The zero-order valence-electron chi connectivity index (χ0n) is 15.8. The number of hydrogen-bond donors (Lipinski definition) is 0. The maximum Gasteiger partial charge on any atom is 0.219 e. The van der Waals surface area contributed by atoms with E-state index in [2.05, 4.69) is 22.1 Å². The molecule has 1 amide bonds. The highest BCUT2D eigenvalue weighted by Gasteiger charge is 2.32. The van der Waals surface area contributed by atoms with Crippen molar-refractivity contribution in [2.24, 2.45) is 5.92 Å². The average molecular weight is 367 g/mol. The predicted molar refractivity (Wildman–Crippen MR) is 101 cm³/mol. The second kappa shape index (κ2) is 8.75. The van der Waals surface area contributed by atoms with Crippen molar-refractivity contribution < 1.29 is 14.3 Å². The van der Waals surface area contributed by atoms with Crippen LogP contribution in [-0.2, 0) is 16.0 Å². The average Bonchev–Trinajstić information content (AvgIpc) is 2.68. The Labute approximate surface area is 159 Å². The number of ether oxygens (including phenoxy) is 1. The lowest BCUT2D eigenvalue weighted by atomic mass is 9.77. The van der Waals surface area contributed by atoms with Crippen LogP contribution in [0.1, 0.15) is 36.8 Å². The first-order chi connectivity index (χ1) is 13.1. The summed E-state index contributed by atoms with van der Waals surface area (Å²) in [5, 5.41) is 0. The molecule has 2 atom stereocenters. The van der Waals surface area contributed by atoms with E-state index in [-0.39, 0.29) is 23.5 Å². The van der Waals surface area contributed by atoms with E-state index in [1.807, 2.05) is 17.0 Å². The quantitative estimate of drug-likeness (QED) is 0.785. The second-order valence-corrected chi connectivity index (χ2v) is 7.06. The smallest absolute Gasteiger partial charge is 0.219 e. The number of benzene rings is 1. The van der Waals surface area contributed by atoms with Crippen LogP contribution in [0.3, 0.4) is 0 Å². The van der Waals surface area contributed by atoms with Crippen molar-refractivity contribution in [2.75, 3.05) is 20.2 Å². The Kier molecular flexibility index (Phi) is 6.16. The molecule has 0 bridgehead atoms. The Hall–Kier alpha value is -2.76. The molecule has 1 aromatic heterocycles. The van der Waals surface area contributed by atoms with Gasteiger partial charge in [-0.2, -0.15) is 0 Å². The van der Waals surface area contributed by atoms with Gasteiger partial charge in [0.25, 0.3) is 0 Å². The van der Waals surface area contributed by atoms with Crippen molar-refractivity contribution in [2.45, 2.75) is 32.1 Å². The first-order valence-corrected chi connectivity index (χ1v) is 9.22. The van der Waals surface area contributed by atoms with Gasteiger partial charge in [-0.25, -0.2) is 9.97 Å². The minimum absolute atomic E-state index is 0.0667. The molecule has 1 unspecified atom stereocenters. The van der Waals surface area contributed by atoms with Crippen molar-refractivity contribution in [1.82, 2.24) is 14.9 Å². The van der Waals surface area contributed by atoms with E-state index in [4.69, 9.17) is 4.74 Å². The van der Waals surface area contributed by atoms with E-state index in [0.717, 1.165) is 24.3 Å². The van der Waals surface area contributed by atoms with Crippen molar-refractivity contribution in [1.29, 1.82) is 0 Å². The maximum absolute atomic E-state index is 12.7. The van der Waals surface area contributed by atoms with Gasteiger partial charge in [-0.05, 0) is 41.5 Å². The number of methoxy groups -OCH3 is 1. The molecule has 0 radical (unpaired) electrons. The van der Waals surface area contributed by atoms with Crippen molar-refractivity contribution in [3.8, 4) is 5.75 Å². The van der Waals surface area contributed by atoms with Crippen LogP contribution in [0.15, 0.2) is 43.0 Å². The Morgan fingerprint density at radius 1 is 1.19 bits per heavy atom. The fourth-order valence-corrected chi connectivity index (χ4v) is 3.83.